The fourth-order valence-corrected chi connectivity index (χ4v) is 2.89. The molecule has 2 rings (SSSR count). The molecule has 32 heavy (non-hydrogen) atoms. The molecule has 10 nitrogen and oxygen atoms in total. The Morgan fingerprint density at radius 3 is 2.56 bits per heavy atom. The fraction of sp³-hybridized carbons (Fsp3) is 0.238. The average Bonchev–Trinajstić information content (AvgIpc) is 2.76. The molecule has 0 atom stereocenters. The molecule has 0 spiro atoms. The molecule has 0 radical (unpaired) electrons. The van der Waals surface area contributed by atoms with Crippen molar-refractivity contribution in [3.63, 3.8) is 0 Å². The molecule has 0 unspecified atom stereocenters. The van der Waals surface area contributed by atoms with Gasteiger partial charge in [0.05, 0.1) is 36.8 Å². The molecular formula is C21H21ClN2O8. The van der Waals surface area contributed by atoms with Gasteiger partial charge in [0.15, 0.2) is 18.1 Å². The molecule has 2 aromatic carbocycles. The Balaban J connectivity index is 1.98. The lowest BCUT2D eigenvalue weighted by Gasteiger charge is -2.10. The van der Waals surface area contributed by atoms with Crippen LogP contribution in [0.1, 0.15) is 12.5 Å². The van der Waals surface area contributed by atoms with E-state index in [1.165, 1.54) is 38.5 Å². The smallest absolute Gasteiger partial charge is 0.331 e. The number of nitrogens with one attached hydrogen (secondary N) is 1. The first-order chi connectivity index (χ1) is 15.3. The minimum atomic E-state index is -0.799. The molecule has 11 heteroatoms. The summed E-state index contributed by atoms with van der Waals surface area (Å²) < 4.78 is 20.4. The Morgan fingerprint density at radius 1 is 1.19 bits per heavy atom. The molecule has 0 saturated carbocycles. The van der Waals surface area contributed by atoms with E-state index in [4.69, 9.17) is 30.5 Å². The van der Waals surface area contributed by atoms with E-state index in [1.807, 2.05) is 0 Å². The first-order valence-corrected chi connectivity index (χ1v) is 9.64. The van der Waals surface area contributed by atoms with E-state index >= 15 is 0 Å². The van der Waals surface area contributed by atoms with Gasteiger partial charge in [-0.2, -0.15) is 0 Å². The van der Waals surface area contributed by atoms with Gasteiger partial charge in [0, 0.05) is 6.08 Å². The molecule has 0 aromatic heterocycles. The van der Waals surface area contributed by atoms with E-state index in [0.29, 0.717) is 29.4 Å². The minimum Gasteiger partial charge on any atom is -0.494 e. The monoisotopic (exact) mass is 464 g/mol. The number of ether oxygens (including phenoxy) is 4. The van der Waals surface area contributed by atoms with Crippen LogP contribution in [0, 0.1) is 10.1 Å². The number of rotatable bonds is 10. The number of hydrogen-bond donors (Lipinski definition) is 1. The average molecular weight is 465 g/mol. The third-order valence-corrected chi connectivity index (χ3v) is 4.25. The molecule has 0 bridgehead atoms. The van der Waals surface area contributed by atoms with Crippen LogP contribution in [0.2, 0.25) is 5.02 Å². The number of methoxy groups -OCH3 is 2. The van der Waals surface area contributed by atoms with Crippen LogP contribution < -0.4 is 19.5 Å². The van der Waals surface area contributed by atoms with Gasteiger partial charge in [0.2, 0.25) is 0 Å². The van der Waals surface area contributed by atoms with Crippen molar-refractivity contribution >= 4 is 40.9 Å². The number of nitro groups is 1. The third kappa shape index (κ3) is 6.61. The van der Waals surface area contributed by atoms with Crippen molar-refractivity contribution in [3.05, 3.63) is 57.1 Å². The highest BCUT2D eigenvalue weighted by Gasteiger charge is 2.18. The summed E-state index contributed by atoms with van der Waals surface area (Å²) in [4.78, 5) is 34.6. The summed E-state index contributed by atoms with van der Waals surface area (Å²) in [5, 5.41) is 13.9. The van der Waals surface area contributed by atoms with Crippen LogP contribution in [-0.2, 0) is 14.3 Å². The SMILES string of the molecule is CCOc1ccc(NC(=O)COC(=O)/C=C/c2cc(Cl)c(OC)c(OC)c2)c([N+](=O)[O-])c1. The maximum Gasteiger partial charge on any atom is 0.331 e. The van der Waals surface area contributed by atoms with Crippen molar-refractivity contribution in [2.75, 3.05) is 32.8 Å². The van der Waals surface area contributed by atoms with Crippen molar-refractivity contribution in [2.24, 2.45) is 0 Å². The van der Waals surface area contributed by atoms with Crippen LogP contribution in [0.4, 0.5) is 11.4 Å². The number of esters is 1. The van der Waals surface area contributed by atoms with Crippen molar-refractivity contribution < 1.29 is 33.5 Å². The maximum atomic E-state index is 12.1. The van der Waals surface area contributed by atoms with Crippen LogP contribution in [0.5, 0.6) is 17.2 Å². The molecule has 0 aliphatic rings. The van der Waals surface area contributed by atoms with E-state index in [-0.39, 0.29) is 16.4 Å². The summed E-state index contributed by atoms with van der Waals surface area (Å²) in [5.41, 5.74) is 0.148. The Kier molecular flexibility index (Phi) is 8.84. The topological polar surface area (TPSA) is 126 Å². The number of hydrogen-bond acceptors (Lipinski definition) is 8. The second kappa shape index (κ2) is 11.6. The van der Waals surface area contributed by atoms with E-state index in [1.54, 1.807) is 19.1 Å². The molecule has 0 fully saturated rings. The van der Waals surface area contributed by atoms with Crippen LogP contribution in [-0.4, -0.2) is 44.2 Å². The lowest BCUT2D eigenvalue weighted by molar-refractivity contribution is -0.384. The standard InChI is InChI=1S/C21H21ClN2O8/c1-4-31-14-6-7-16(17(11-14)24(27)28)23-19(25)12-32-20(26)8-5-13-9-15(22)21(30-3)18(10-13)29-2/h5-11H,4,12H2,1-3H3,(H,23,25)/b8-5+. The lowest BCUT2D eigenvalue weighted by Crippen LogP contribution is -2.20. The third-order valence-electron chi connectivity index (χ3n) is 3.96. The number of halogens is 1. The van der Waals surface area contributed by atoms with Crippen molar-refractivity contribution in [1.82, 2.24) is 0 Å². The first-order valence-electron chi connectivity index (χ1n) is 9.26. The Labute approximate surface area is 188 Å². The van der Waals surface area contributed by atoms with Gasteiger partial charge in [-0.25, -0.2) is 4.79 Å². The van der Waals surface area contributed by atoms with Gasteiger partial charge >= 0.3 is 5.97 Å². The van der Waals surface area contributed by atoms with Gasteiger partial charge in [0.1, 0.15) is 11.4 Å². The fourth-order valence-electron chi connectivity index (χ4n) is 2.59. The molecule has 0 saturated heterocycles. The van der Waals surface area contributed by atoms with Gasteiger partial charge in [-0.3, -0.25) is 14.9 Å². The summed E-state index contributed by atoms with van der Waals surface area (Å²) in [6.45, 7) is 1.44. The van der Waals surface area contributed by atoms with Gasteiger partial charge in [-0.1, -0.05) is 11.6 Å². The molecule has 1 N–H and O–H groups in total. The van der Waals surface area contributed by atoms with Crippen molar-refractivity contribution in [2.45, 2.75) is 6.92 Å². The predicted molar refractivity (Wildman–Crippen MR) is 117 cm³/mol. The number of carbonyl (C=O) groups is 2. The van der Waals surface area contributed by atoms with Crippen LogP contribution >= 0.6 is 11.6 Å². The van der Waals surface area contributed by atoms with E-state index in [0.717, 1.165) is 6.08 Å². The summed E-state index contributed by atoms with van der Waals surface area (Å²) in [6, 6.07) is 7.18. The Morgan fingerprint density at radius 2 is 1.94 bits per heavy atom. The number of nitro benzene ring substituents is 1. The number of carbonyl (C=O) groups excluding carboxylic acids is 2. The molecule has 170 valence electrons. The zero-order valence-corrected chi connectivity index (χ0v) is 18.3. The second-order valence-corrected chi connectivity index (χ2v) is 6.50. The van der Waals surface area contributed by atoms with Crippen LogP contribution in [0.15, 0.2) is 36.4 Å². The molecule has 0 heterocycles. The number of nitrogens with zero attached hydrogens (tertiary/aromatic N) is 1. The van der Waals surface area contributed by atoms with Crippen molar-refractivity contribution in [1.29, 1.82) is 0 Å². The van der Waals surface area contributed by atoms with Crippen molar-refractivity contribution in [3.8, 4) is 17.2 Å². The quantitative estimate of drug-likeness (QED) is 0.243. The Hall–Kier alpha value is -3.79. The van der Waals surface area contributed by atoms with Gasteiger partial charge in [-0.05, 0) is 42.8 Å². The molecule has 0 aliphatic heterocycles. The summed E-state index contributed by atoms with van der Waals surface area (Å²) in [7, 11) is 2.90. The molecular weight excluding hydrogens is 444 g/mol. The second-order valence-electron chi connectivity index (χ2n) is 6.10. The van der Waals surface area contributed by atoms with Crippen LogP contribution in [0.3, 0.4) is 0 Å². The summed E-state index contributed by atoms with van der Waals surface area (Å²) in [6.07, 6.45) is 2.52. The number of benzene rings is 2. The van der Waals surface area contributed by atoms with Gasteiger partial charge < -0.3 is 24.3 Å². The van der Waals surface area contributed by atoms with Gasteiger partial charge in [0.25, 0.3) is 11.6 Å². The zero-order valence-electron chi connectivity index (χ0n) is 17.5. The highest BCUT2D eigenvalue weighted by molar-refractivity contribution is 6.32. The normalized spacial score (nSPS) is 10.5. The predicted octanol–water partition coefficient (Wildman–Crippen LogP) is 3.86. The highest BCUT2D eigenvalue weighted by Crippen LogP contribution is 2.36. The summed E-state index contributed by atoms with van der Waals surface area (Å²) in [5.74, 6) is -0.511. The van der Waals surface area contributed by atoms with E-state index in [2.05, 4.69) is 5.32 Å². The zero-order chi connectivity index (χ0) is 23.7. The molecule has 1 amide bonds. The first kappa shape index (κ1) is 24.5. The van der Waals surface area contributed by atoms with E-state index in [9.17, 15) is 19.7 Å². The maximum absolute atomic E-state index is 12.1. The summed E-state index contributed by atoms with van der Waals surface area (Å²) >= 11 is 6.11. The molecule has 0 aliphatic carbocycles. The highest BCUT2D eigenvalue weighted by atomic mass is 35.5. The number of amides is 1. The van der Waals surface area contributed by atoms with Gasteiger partial charge in [-0.15, -0.1) is 0 Å². The molecule has 2 aromatic rings. The number of anilines is 1. The van der Waals surface area contributed by atoms with Crippen LogP contribution in [0.25, 0.3) is 6.08 Å². The largest absolute Gasteiger partial charge is 0.494 e. The lowest BCUT2D eigenvalue weighted by atomic mass is 10.2. The Bertz CT molecular complexity index is 1040. The minimum absolute atomic E-state index is 0.0463. The van der Waals surface area contributed by atoms with E-state index < -0.39 is 23.4 Å².